The van der Waals surface area contributed by atoms with Crippen LogP contribution in [-0.2, 0) is 12.8 Å². The van der Waals surface area contributed by atoms with Crippen molar-refractivity contribution in [1.29, 1.82) is 0 Å². The van der Waals surface area contributed by atoms with E-state index in [0.717, 1.165) is 36.1 Å². The Bertz CT molecular complexity index is 824. The first-order chi connectivity index (χ1) is 11.3. The van der Waals surface area contributed by atoms with Gasteiger partial charge in [0.1, 0.15) is 0 Å². The van der Waals surface area contributed by atoms with Crippen LogP contribution in [0.4, 0.5) is 0 Å². The zero-order valence-corrected chi connectivity index (χ0v) is 12.3. The summed E-state index contributed by atoms with van der Waals surface area (Å²) >= 11 is 0. The maximum atomic E-state index is 12.3. The molecule has 7 heteroatoms. The van der Waals surface area contributed by atoms with Gasteiger partial charge in [0.15, 0.2) is 0 Å². The predicted molar refractivity (Wildman–Crippen MR) is 81.6 cm³/mol. The average Bonchev–Trinajstić information content (AvgIpc) is 3.24. The van der Waals surface area contributed by atoms with E-state index in [4.69, 9.17) is 4.52 Å². The number of amides is 1. The van der Waals surface area contributed by atoms with Gasteiger partial charge in [-0.15, -0.1) is 0 Å². The highest BCUT2D eigenvalue weighted by Crippen LogP contribution is 2.19. The molecule has 1 aromatic carbocycles. The molecule has 0 bridgehead atoms. The van der Waals surface area contributed by atoms with Gasteiger partial charge in [0, 0.05) is 17.3 Å². The van der Waals surface area contributed by atoms with E-state index in [0.29, 0.717) is 5.82 Å². The van der Waals surface area contributed by atoms with E-state index in [1.165, 1.54) is 0 Å². The fraction of sp³-hybridized carbons (Fsp3) is 0.250. The summed E-state index contributed by atoms with van der Waals surface area (Å²) < 4.78 is 5.09. The Morgan fingerprint density at radius 3 is 3.04 bits per heavy atom. The van der Waals surface area contributed by atoms with E-state index in [-0.39, 0.29) is 17.8 Å². The van der Waals surface area contributed by atoms with Gasteiger partial charge in [-0.1, -0.05) is 35.5 Å². The first-order valence-electron chi connectivity index (χ1n) is 7.51. The summed E-state index contributed by atoms with van der Waals surface area (Å²) in [5, 5.41) is 13.8. The number of aromatic nitrogens is 4. The van der Waals surface area contributed by atoms with Crippen molar-refractivity contribution in [2.45, 2.75) is 25.3 Å². The summed E-state index contributed by atoms with van der Waals surface area (Å²) in [6.45, 7) is 0. The van der Waals surface area contributed by atoms with E-state index in [9.17, 15) is 4.79 Å². The van der Waals surface area contributed by atoms with Crippen molar-refractivity contribution in [2.24, 2.45) is 0 Å². The molecule has 2 heterocycles. The summed E-state index contributed by atoms with van der Waals surface area (Å²) in [6, 6.07) is 9.47. The summed E-state index contributed by atoms with van der Waals surface area (Å²) in [6.07, 6.45) is 4.31. The molecule has 23 heavy (non-hydrogen) atoms. The van der Waals surface area contributed by atoms with Crippen molar-refractivity contribution in [2.75, 3.05) is 0 Å². The third kappa shape index (κ3) is 2.73. The highest BCUT2D eigenvalue weighted by molar-refractivity contribution is 5.90. The van der Waals surface area contributed by atoms with Crippen molar-refractivity contribution in [3.8, 4) is 11.4 Å². The van der Waals surface area contributed by atoms with Crippen LogP contribution < -0.4 is 5.32 Å². The lowest BCUT2D eigenvalue weighted by molar-refractivity contribution is 0.0889. The Morgan fingerprint density at radius 2 is 2.17 bits per heavy atom. The zero-order chi connectivity index (χ0) is 15.6. The number of H-pyrrole nitrogens is 1. The lowest BCUT2D eigenvalue weighted by Crippen LogP contribution is -2.38. The molecular weight excluding hydrogens is 294 g/mol. The van der Waals surface area contributed by atoms with E-state index in [2.05, 4.69) is 25.7 Å². The minimum absolute atomic E-state index is 0.0122. The van der Waals surface area contributed by atoms with Crippen molar-refractivity contribution in [1.82, 2.24) is 25.7 Å². The summed E-state index contributed by atoms with van der Waals surface area (Å²) in [7, 11) is 0. The molecule has 7 nitrogen and oxygen atoms in total. The van der Waals surface area contributed by atoms with Crippen LogP contribution >= 0.6 is 0 Å². The molecule has 2 N–H and O–H groups in total. The predicted octanol–water partition coefficient (Wildman–Crippen LogP) is 1.75. The topological polar surface area (TPSA) is 96.7 Å². The van der Waals surface area contributed by atoms with Crippen LogP contribution in [0, 0.1) is 0 Å². The Labute approximate surface area is 132 Å². The Morgan fingerprint density at radius 1 is 1.30 bits per heavy atom. The van der Waals surface area contributed by atoms with Crippen LogP contribution in [0.15, 0.2) is 41.1 Å². The quantitative estimate of drug-likeness (QED) is 0.768. The number of carbonyl (C=O) groups is 1. The highest BCUT2D eigenvalue weighted by atomic mass is 16.5. The van der Waals surface area contributed by atoms with Crippen molar-refractivity contribution in [3.05, 3.63) is 53.7 Å². The van der Waals surface area contributed by atoms with Gasteiger partial charge in [0.2, 0.25) is 5.82 Å². The van der Waals surface area contributed by atoms with Gasteiger partial charge in [-0.2, -0.15) is 10.1 Å². The van der Waals surface area contributed by atoms with Crippen LogP contribution in [-0.4, -0.2) is 32.3 Å². The molecule has 116 valence electrons. The first-order valence-corrected chi connectivity index (χ1v) is 7.51. The zero-order valence-electron chi connectivity index (χ0n) is 12.3. The minimum atomic E-state index is -0.336. The maximum absolute atomic E-state index is 12.3. The molecule has 0 saturated heterocycles. The second-order valence-electron chi connectivity index (χ2n) is 5.58. The number of fused-ring (bicyclic) bond motifs is 1. The van der Waals surface area contributed by atoms with Gasteiger partial charge in [-0.05, 0) is 24.8 Å². The Balaban J connectivity index is 1.45. The number of carbonyl (C=O) groups excluding carboxylic acids is 1. The molecule has 4 rings (SSSR count). The summed E-state index contributed by atoms with van der Waals surface area (Å²) in [5.74, 6) is 0.0648. The Hall–Kier alpha value is -2.96. The molecule has 0 saturated carbocycles. The monoisotopic (exact) mass is 309 g/mol. The second-order valence-corrected chi connectivity index (χ2v) is 5.58. The van der Waals surface area contributed by atoms with Crippen LogP contribution in [0.25, 0.3) is 11.4 Å². The number of nitrogens with one attached hydrogen (secondary N) is 2. The number of hydrogen-bond acceptors (Lipinski definition) is 5. The number of aromatic amines is 1. The highest BCUT2D eigenvalue weighted by Gasteiger charge is 2.24. The van der Waals surface area contributed by atoms with E-state index >= 15 is 0 Å². The van der Waals surface area contributed by atoms with E-state index in [1.54, 1.807) is 0 Å². The number of aryl methyl sites for hydroxylation is 1. The van der Waals surface area contributed by atoms with E-state index < -0.39 is 0 Å². The molecule has 0 aliphatic heterocycles. The largest absolute Gasteiger partial charge is 0.345 e. The van der Waals surface area contributed by atoms with Crippen molar-refractivity contribution in [3.63, 3.8) is 0 Å². The maximum Gasteiger partial charge on any atom is 0.316 e. The van der Waals surface area contributed by atoms with Crippen LogP contribution in [0.5, 0.6) is 0 Å². The lowest BCUT2D eigenvalue weighted by atomic mass is 9.93. The van der Waals surface area contributed by atoms with Gasteiger partial charge in [0.25, 0.3) is 0 Å². The second kappa shape index (κ2) is 5.68. The molecule has 1 aliphatic rings. The minimum Gasteiger partial charge on any atom is -0.345 e. The number of benzene rings is 1. The molecule has 0 fully saturated rings. The lowest BCUT2D eigenvalue weighted by Gasteiger charge is -2.21. The van der Waals surface area contributed by atoms with Gasteiger partial charge in [-0.3, -0.25) is 9.89 Å². The van der Waals surface area contributed by atoms with Crippen LogP contribution in [0.2, 0.25) is 0 Å². The molecule has 1 aliphatic carbocycles. The fourth-order valence-corrected chi connectivity index (χ4v) is 2.81. The van der Waals surface area contributed by atoms with Gasteiger partial charge < -0.3 is 9.84 Å². The van der Waals surface area contributed by atoms with E-state index in [1.807, 2.05) is 36.5 Å². The standard InChI is InChI=1S/C16H15N5O2/c22-15(18-12-6-7-13-11(8-12)9-17-20-13)16-19-14(21-23-16)10-4-2-1-3-5-10/h1-5,9,12H,6-8H2,(H,17,20)(H,18,22). The molecule has 1 amide bonds. The SMILES string of the molecule is O=C(NC1CCc2[nH]ncc2C1)c1nc(-c2ccccc2)no1. The molecule has 1 unspecified atom stereocenters. The molecule has 0 spiro atoms. The van der Waals surface area contributed by atoms with Gasteiger partial charge >= 0.3 is 11.8 Å². The van der Waals surface area contributed by atoms with Gasteiger partial charge in [0.05, 0.1) is 6.20 Å². The molecule has 1 atom stereocenters. The third-order valence-electron chi connectivity index (χ3n) is 4.00. The normalized spacial score (nSPS) is 16.8. The van der Waals surface area contributed by atoms with Crippen molar-refractivity contribution < 1.29 is 9.32 Å². The molecule has 3 aromatic rings. The molecular formula is C16H15N5O2. The Kier molecular flexibility index (Phi) is 3.38. The number of rotatable bonds is 3. The summed E-state index contributed by atoms with van der Waals surface area (Å²) in [5.41, 5.74) is 3.12. The first kappa shape index (κ1) is 13.7. The number of hydrogen-bond donors (Lipinski definition) is 2. The smallest absolute Gasteiger partial charge is 0.316 e. The summed E-state index contributed by atoms with van der Waals surface area (Å²) in [4.78, 5) is 16.4. The van der Waals surface area contributed by atoms with Crippen molar-refractivity contribution >= 4 is 5.91 Å². The average molecular weight is 309 g/mol. The van der Waals surface area contributed by atoms with Crippen LogP contribution in [0.3, 0.4) is 0 Å². The third-order valence-corrected chi connectivity index (χ3v) is 4.00. The molecule has 2 aromatic heterocycles. The fourth-order valence-electron chi connectivity index (χ4n) is 2.81. The van der Waals surface area contributed by atoms with Crippen LogP contribution in [0.1, 0.15) is 28.4 Å². The molecule has 0 radical (unpaired) electrons. The van der Waals surface area contributed by atoms with Gasteiger partial charge in [-0.25, -0.2) is 0 Å². The number of nitrogens with zero attached hydrogens (tertiary/aromatic N) is 3.